The molecule has 0 aliphatic carbocycles. The molecule has 0 saturated carbocycles. The second kappa shape index (κ2) is 8.02. The Kier molecular flexibility index (Phi) is 6.67. The van der Waals surface area contributed by atoms with Gasteiger partial charge >= 0.3 is 0 Å². The highest BCUT2D eigenvalue weighted by molar-refractivity contribution is 5.49. The summed E-state index contributed by atoms with van der Waals surface area (Å²) in [6.45, 7) is 5.03. The summed E-state index contributed by atoms with van der Waals surface area (Å²) >= 11 is 0. The number of benzene rings is 1. The van der Waals surface area contributed by atoms with Crippen molar-refractivity contribution in [3.63, 3.8) is 0 Å². The van der Waals surface area contributed by atoms with Crippen LogP contribution in [0.4, 0.5) is 0 Å². The molecule has 1 rings (SSSR count). The fourth-order valence-corrected chi connectivity index (χ4v) is 2.26. The lowest BCUT2D eigenvalue weighted by Gasteiger charge is -2.20. The van der Waals surface area contributed by atoms with Crippen LogP contribution in [-0.4, -0.2) is 46.3 Å². The van der Waals surface area contributed by atoms with Crippen LogP contribution in [0.2, 0.25) is 0 Å². The third-order valence-electron chi connectivity index (χ3n) is 3.27. The Morgan fingerprint density at radius 3 is 2.53 bits per heavy atom. The van der Waals surface area contributed by atoms with Gasteiger partial charge in [-0.3, -0.25) is 0 Å². The van der Waals surface area contributed by atoms with Crippen molar-refractivity contribution >= 4 is 0 Å². The Bertz CT molecular complexity index is 394. The molecule has 0 amide bonds. The van der Waals surface area contributed by atoms with Crippen molar-refractivity contribution in [3.05, 3.63) is 23.3 Å². The van der Waals surface area contributed by atoms with E-state index in [1.165, 1.54) is 5.56 Å². The topological polar surface area (TPSA) is 33.7 Å². The van der Waals surface area contributed by atoms with E-state index in [0.717, 1.165) is 43.1 Å². The number of nitrogens with zero attached hydrogens (tertiary/aromatic N) is 1. The molecule has 0 bridgehead atoms. The van der Waals surface area contributed by atoms with Gasteiger partial charge in [-0.05, 0) is 46.6 Å². The van der Waals surface area contributed by atoms with Gasteiger partial charge in [-0.1, -0.05) is 6.07 Å². The van der Waals surface area contributed by atoms with Gasteiger partial charge in [0.05, 0.1) is 14.2 Å². The molecule has 0 spiro atoms. The highest BCUT2D eigenvalue weighted by atomic mass is 16.5. The van der Waals surface area contributed by atoms with E-state index < -0.39 is 0 Å². The third-order valence-corrected chi connectivity index (χ3v) is 3.27. The fourth-order valence-electron chi connectivity index (χ4n) is 2.26. The molecule has 108 valence electrons. The van der Waals surface area contributed by atoms with Crippen LogP contribution in [0.15, 0.2) is 12.1 Å². The Labute approximate surface area is 116 Å². The first-order chi connectivity index (χ1) is 9.13. The number of methoxy groups -OCH3 is 2. The van der Waals surface area contributed by atoms with E-state index in [0.29, 0.717) is 0 Å². The molecule has 19 heavy (non-hydrogen) atoms. The van der Waals surface area contributed by atoms with E-state index >= 15 is 0 Å². The average Bonchev–Trinajstić information content (AvgIpc) is 2.39. The van der Waals surface area contributed by atoms with Crippen LogP contribution in [0.1, 0.15) is 17.5 Å². The van der Waals surface area contributed by atoms with Gasteiger partial charge in [0.2, 0.25) is 0 Å². The third kappa shape index (κ3) is 4.40. The standard InChI is InChI=1S/C15H26N2O2/c1-12-14(18-4)8-7-13(15(12)19-5)11-17(3)10-6-9-16-2/h7-8,16H,6,9-11H2,1-5H3. The number of nitrogens with one attached hydrogen (secondary N) is 1. The molecule has 1 N–H and O–H groups in total. The maximum absolute atomic E-state index is 5.53. The first-order valence-electron chi connectivity index (χ1n) is 6.67. The smallest absolute Gasteiger partial charge is 0.129 e. The molecule has 4 nitrogen and oxygen atoms in total. The predicted molar refractivity (Wildman–Crippen MR) is 79.2 cm³/mol. The predicted octanol–water partition coefficient (Wildman–Crippen LogP) is 2.05. The summed E-state index contributed by atoms with van der Waals surface area (Å²) < 4.78 is 10.9. The number of rotatable bonds is 8. The van der Waals surface area contributed by atoms with Crippen molar-refractivity contribution in [2.45, 2.75) is 19.9 Å². The van der Waals surface area contributed by atoms with E-state index in [1.54, 1.807) is 14.2 Å². The summed E-state index contributed by atoms with van der Waals surface area (Å²) in [7, 11) is 7.52. The van der Waals surface area contributed by atoms with Crippen molar-refractivity contribution in [1.82, 2.24) is 10.2 Å². The fraction of sp³-hybridized carbons (Fsp3) is 0.600. The molecule has 0 fully saturated rings. The van der Waals surface area contributed by atoms with Gasteiger partial charge in [-0.25, -0.2) is 0 Å². The van der Waals surface area contributed by atoms with Crippen LogP contribution in [0.5, 0.6) is 11.5 Å². The summed E-state index contributed by atoms with van der Waals surface area (Å²) in [4.78, 5) is 2.31. The first-order valence-corrected chi connectivity index (χ1v) is 6.67. The average molecular weight is 266 g/mol. The van der Waals surface area contributed by atoms with Crippen molar-refractivity contribution in [2.75, 3.05) is 41.4 Å². The molecule has 1 aromatic carbocycles. The van der Waals surface area contributed by atoms with Crippen LogP contribution in [0.3, 0.4) is 0 Å². The Hall–Kier alpha value is -1.26. The summed E-state index contributed by atoms with van der Waals surface area (Å²) in [5, 5.41) is 3.17. The van der Waals surface area contributed by atoms with E-state index in [2.05, 4.69) is 23.3 Å². The molecule has 0 aliphatic heterocycles. The highest BCUT2D eigenvalue weighted by Crippen LogP contribution is 2.31. The number of hydrogen-bond acceptors (Lipinski definition) is 4. The van der Waals surface area contributed by atoms with Crippen molar-refractivity contribution < 1.29 is 9.47 Å². The zero-order chi connectivity index (χ0) is 14.3. The van der Waals surface area contributed by atoms with Gasteiger partial charge in [-0.2, -0.15) is 0 Å². The van der Waals surface area contributed by atoms with Crippen LogP contribution in [-0.2, 0) is 6.54 Å². The lowest BCUT2D eigenvalue weighted by molar-refractivity contribution is 0.311. The SMILES string of the molecule is CNCCCN(C)Cc1ccc(OC)c(C)c1OC. The maximum atomic E-state index is 5.53. The molecule has 0 unspecified atom stereocenters. The van der Waals surface area contributed by atoms with E-state index in [9.17, 15) is 0 Å². The molecule has 0 radical (unpaired) electrons. The summed E-state index contributed by atoms with van der Waals surface area (Å²) in [6, 6.07) is 4.09. The minimum atomic E-state index is 0.874. The van der Waals surface area contributed by atoms with Gasteiger partial charge < -0.3 is 19.7 Å². The van der Waals surface area contributed by atoms with Gasteiger partial charge in [0.25, 0.3) is 0 Å². The summed E-state index contributed by atoms with van der Waals surface area (Å²) in [5.41, 5.74) is 2.26. The lowest BCUT2D eigenvalue weighted by atomic mass is 10.1. The molecular weight excluding hydrogens is 240 g/mol. The van der Waals surface area contributed by atoms with Crippen molar-refractivity contribution in [1.29, 1.82) is 0 Å². The maximum Gasteiger partial charge on any atom is 0.129 e. The molecule has 0 aliphatic rings. The van der Waals surface area contributed by atoms with E-state index in [4.69, 9.17) is 9.47 Å². The monoisotopic (exact) mass is 266 g/mol. The molecule has 0 aromatic heterocycles. The Balaban J connectivity index is 2.75. The Morgan fingerprint density at radius 2 is 1.95 bits per heavy atom. The van der Waals surface area contributed by atoms with Crippen molar-refractivity contribution in [3.8, 4) is 11.5 Å². The van der Waals surface area contributed by atoms with Gasteiger partial charge in [-0.15, -0.1) is 0 Å². The van der Waals surface area contributed by atoms with Gasteiger partial charge in [0.1, 0.15) is 11.5 Å². The highest BCUT2D eigenvalue weighted by Gasteiger charge is 2.12. The molecule has 0 saturated heterocycles. The number of hydrogen-bond donors (Lipinski definition) is 1. The second-order valence-corrected chi connectivity index (χ2v) is 4.78. The molecular formula is C15H26N2O2. The zero-order valence-electron chi connectivity index (χ0n) is 12.7. The van der Waals surface area contributed by atoms with E-state index in [1.807, 2.05) is 20.0 Å². The minimum Gasteiger partial charge on any atom is -0.496 e. The largest absolute Gasteiger partial charge is 0.496 e. The normalized spacial score (nSPS) is 10.8. The quantitative estimate of drug-likeness (QED) is 0.730. The first kappa shape index (κ1) is 15.8. The molecule has 4 heteroatoms. The van der Waals surface area contributed by atoms with Crippen LogP contribution in [0.25, 0.3) is 0 Å². The van der Waals surface area contributed by atoms with Gasteiger partial charge in [0.15, 0.2) is 0 Å². The summed E-state index contributed by atoms with van der Waals surface area (Å²) in [5.74, 6) is 1.80. The molecule has 0 atom stereocenters. The summed E-state index contributed by atoms with van der Waals surface area (Å²) in [6.07, 6.45) is 1.14. The van der Waals surface area contributed by atoms with Crippen LogP contribution >= 0.6 is 0 Å². The van der Waals surface area contributed by atoms with E-state index in [-0.39, 0.29) is 0 Å². The van der Waals surface area contributed by atoms with Gasteiger partial charge in [0, 0.05) is 17.7 Å². The molecule has 0 heterocycles. The zero-order valence-corrected chi connectivity index (χ0v) is 12.7. The number of ether oxygens (including phenoxy) is 2. The minimum absolute atomic E-state index is 0.874. The second-order valence-electron chi connectivity index (χ2n) is 4.78. The lowest BCUT2D eigenvalue weighted by Crippen LogP contribution is -2.22. The van der Waals surface area contributed by atoms with Crippen molar-refractivity contribution in [2.24, 2.45) is 0 Å². The van der Waals surface area contributed by atoms with Crippen LogP contribution in [0, 0.1) is 6.92 Å². The Morgan fingerprint density at radius 1 is 1.21 bits per heavy atom. The van der Waals surface area contributed by atoms with Crippen LogP contribution < -0.4 is 14.8 Å². The molecule has 1 aromatic rings.